The summed E-state index contributed by atoms with van der Waals surface area (Å²) in [5.74, 6) is 1.78. The Morgan fingerprint density at radius 2 is 1.41 bits per heavy atom. The van der Waals surface area contributed by atoms with E-state index in [1.807, 2.05) is 0 Å². The highest BCUT2D eigenvalue weighted by atomic mass is 16.5. The van der Waals surface area contributed by atoms with Crippen LogP contribution in [0.15, 0.2) is 24.3 Å². The monoisotopic (exact) mass is 540 g/mol. The second kappa shape index (κ2) is 15.3. The van der Waals surface area contributed by atoms with E-state index in [1.54, 1.807) is 0 Å². The van der Waals surface area contributed by atoms with Gasteiger partial charge in [0.05, 0.1) is 18.8 Å². The Bertz CT molecular complexity index is 805. The van der Waals surface area contributed by atoms with Crippen LogP contribution in [-0.2, 0) is 16.0 Å². The second-order valence-corrected chi connectivity index (χ2v) is 13.2. The van der Waals surface area contributed by atoms with Gasteiger partial charge in [0.15, 0.2) is 0 Å². The highest BCUT2D eigenvalue weighted by Crippen LogP contribution is 2.35. The molecule has 0 atom stereocenters. The summed E-state index contributed by atoms with van der Waals surface area (Å²) in [6, 6.07) is 8.99. The first kappa shape index (κ1) is 29.5. The van der Waals surface area contributed by atoms with E-state index in [2.05, 4.69) is 57.8 Å². The molecule has 3 heterocycles. The normalized spacial score (nSPS) is 27.1. The first-order valence-electron chi connectivity index (χ1n) is 16.2. The Hall–Kier alpha value is -1.02. The molecular weight excluding hydrogens is 484 g/mol. The first-order valence-corrected chi connectivity index (χ1v) is 16.2. The lowest BCUT2D eigenvalue weighted by molar-refractivity contribution is -0.0965. The van der Waals surface area contributed by atoms with Gasteiger partial charge in [-0.25, -0.2) is 0 Å². The maximum atomic E-state index is 6.49. The zero-order valence-electron chi connectivity index (χ0n) is 25.1. The maximum Gasteiger partial charge on any atom is 0.0603 e. The summed E-state index contributed by atoms with van der Waals surface area (Å²) in [5, 5.41) is 0. The minimum atomic E-state index is 0.512. The summed E-state index contributed by atoms with van der Waals surface area (Å²) in [7, 11) is 2.26. The number of hydrogen-bond acceptors (Lipinski definition) is 6. The van der Waals surface area contributed by atoms with Crippen molar-refractivity contribution < 1.29 is 9.47 Å². The molecule has 0 amide bonds. The molecule has 0 aromatic heterocycles. The third kappa shape index (κ3) is 9.79. The zero-order valence-corrected chi connectivity index (χ0v) is 25.1. The Kier molecular flexibility index (Phi) is 11.5. The van der Waals surface area contributed by atoms with Gasteiger partial charge in [-0.15, -0.1) is 0 Å². The van der Waals surface area contributed by atoms with Crippen LogP contribution >= 0.6 is 0 Å². The van der Waals surface area contributed by atoms with Gasteiger partial charge in [-0.3, -0.25) is 9.80 Å². The minimum absolute atomic E-state index is 0.512. The van der Waals surface area contributed by atoms with Crippen molar-refractivity contribution in [2.75, 3.05) is 85.7 Å². The fourth-order valence-corrected chi connectivity index (χ4v) is 7.02. The lowest BCUT2D eigenvalue weighted by Crippen LogP contribution is -2.46. The van der Waals surface area contributed by atoms with E-state index in [4.69, 9.17) is 9.47 Å². The van der Waals surface area contributed by atoms with Crippen molar-refractivity contribution in [3.05, 3.63) is 35.4 Å². The van der Waals surface area contributed by atoms with Crippen molar-refractivity contribution in [2.45, 2.75) is 77.0 Å². The summed E-state index contributed by atoms with van der Waals surface area (Å²) in [5.41, 5.74) is 2.77. The quantitative estimate of drug-likeness (QED) is 0.342. The number of likely N-dealkylation sites (tertiary alicyclic amines) is 2. The Morgan fingerprint density at radius 1 is 0.718 bits per heavy atom. The molecule has 4 fully saturated rings. The third-order valence-electron chi connectivity index (χ3n) is 9.91. The molecule has 3 saturated heterocycles. The van der Waals surface area contributed by atoms with E-state index in [1.165, 1.54) is 95.2 Å². The molecule has 0 bridgehead atoms. The number of nitrogens with zero attached hydrogens (tertiary/aromatic N) is 4. The third-order valence-corrected chi connectivity index (χ3v) is 9.91. The smallest absolute Gasteiger partial charge is 0.0603 e. The number of piperazine rings is 1. The van der Waals surface area contributed by atoms with Crippen molar-refractivity contribution in [3.63, 3.8) is 0 Å². The van der Waals surface area contributed by atoms with E-state index in [0.29, 0.717) is 12.2 Å². The van der Waals surface area contributed by atoms with Gasteiger partial charge in [0, 0.05) is 65.5 Å². The fourth-order valence-electron chi connectivity index (χ4n) is 7.02. The predicted molar refractivity (Wildman–Crippen MR) is 160 cm³/mol. The first-order chi connectivity index (χ1) is 19.1. The van der Waals surface area contributed by atoms with Crippen molar-refractivity contribution in [2.24, 2.45) is 11.8 Å². The van der Waals surface area contributed by atoms with E-state index < -0.39 is 0 Å². The molecule has 220 valence electrons. The van der Waals surface area contributed by atoms with E-state index >= 15 is 0 Å². The van der Waals surface area contributed by atoms with Crippen LogP contribution in [0.3, 0.4) is 0 Å². The van der Waals surface area contributed by atoms with Gasteiger partial charge in [0.1, 0.15) is 0 Å². The number of aryl methyl sites for hydroxylation is 1. The number of piperidine rings is 2. The van der Waals surface area contributed by atoms with Crippen LogP contribution < -0.4 is 0 Å². The molecule has 39 heavy (non-hydrogen) atoms. The molecule has 0 N–H and O–H groups in total. The van der Waals surface area contributed by atoms with Crippen molar-refractivity contribution in [3.8, 4) is 0 Å². The van der Waals surface area contributed by atoms with Crippen LogP contribution in [0.5, 0.6) is 0 Å². The van der Waals surface area contributed by atoms with Crippen LogP contribution in [-0.4, -0.2) is 118 Å². The van der Waals surface area contributed by atoms with Gasteiger partial charge in [-0.05, 0) is 95.8 Å². The molecular formula is C33H56N4O2. The molecule has 1 saturated carbocycles. The molecule has 0 radical (unpaired) electrons. The maximum absolute atomic E-state index is 6.49. The number of ether oxygens (including phenoxy) is 2. The van der Waals surface area contributed by atoms with Gasteiger partial charge >= 0.3 is 0 Å². The fraction of sp³-hybridized carbons (Fsp3) is 0.818. The molecule has 1 aliphatic carbocycles. The molecule has 6 heteroatoms. The summed E-state index contributed by atoms with van der Waals surface area (Å²) in [6.07, 6.45) is 11.4. The molecule has 6 nitrogen and oxygen atoms in total. The van der Waals surface area contributed by atoms with E-state index in [-0.39, 0.29) is 0 Å². The Balaban J connectivity index is 0.823. The average Bonchev–Trinajstić information content (AvgIpc) is 2.93. The molecule has 5 rings (SSSR count). The van der Waals surface area contributed by atoms with Crippen molar-refractivity contribution in [1.29, 1.82) is 0 Å². The largest absolute Gasteiger partial charge is 0.380 e. The van der Waals surface area contributed by atoms with E-state index in [9.17, 15) is 0 Å². The van der Waals surface area contributed by atoms with Gasteiger partial charge < -0.3 is 19.3 Å². The van der Waals surface area contributed by atoms with Crippen LogP contribution in [0.2, 0.25) is 0 Å². The lowest BCUT2D eigenvalue weighted by atomic mass is 9.79. The van der Waals surface area contributed by atoms with Crippen LogP contribution in [0, 0.1) is 18.8 Å². The topological polar surface area (TPSA) is 31.4 Å². The molecule has 0 unspecified atom stereocenters. The lowest BCUT2D eigenvalue weighted by Gasteiger charge is -2.41. The van der Waals surface area contributed by atoms with Gasteiger partial charge in [-0.1, -0.05) is 29.8 Å². The molecule has 1 aromatic carbocycles. The zero-order chi connectivity index (χ0) is 26.9. The average molecular weight is 541 g/mol. The van der Waals surface area contributed by atoms with Gasteiger partial charge in [-0.2, -0.15) is 0 Å². The van der Waals surface area contributed by atoms with Crippen molar-refractivity contribution >= 4 is 0 Å². The second-order valence-electron chi connectivity index (χ2n) is 13.2. The summed E-state index contributed by atoms with van der Waals surface area (Å²) < 4.78 is 12.5. The molecule has 1 aromatic rings. The number of rotatable bonds is 13. The van der Waals surface area contributed by atoms with Crippen LogP contribution in [0.25, 0.3) is 0 Å². The van der Waals surface area contributed by atoms with E-state index in [0.717, 1.165) is 64.3 Å². The highest BCUT2D eigenvalue weighted by Gasteiger charge is 2.33. The molecule has 4 aliphatic rings. The SMILES string of the molecule is Cc1ccc(CN2CCN(CCOCCC[C@H]3C[C@H](OC4CCN(CC5CCN(C)CC5)CC4)C3)CC2)cc1. The summed E-state index contributed by atoms with van der Waals surface area (Å²) in [6.45, 7) is 17.1. The van der Waals surface area contributed by atoms with Crippen LogP contribution in [0.1, 0.15) is 62.5 Å². The number of hydrogen-bond donors (Lipinski definition) is 0. The summed E-state index contributed by atoms with van der Waals surface area (Å²) in [4.78, 5) is 10.3. The number of benzene rings is 1. The molecule has 3 aliphatic heterocycles. The predicted octanol–water partition coefficient (Wildman–Crippen LogP) is 4.51. The van der Waals surface area contributed by atoms with Crippen LogP contribution in [0.4, 0.5) is 0 Å². The summed E-state index contributed by atoms with van der Waals surface area (Å²) >= 11 is 0. The Labute approximate surface area is 239 Å². The Morgan fingerprint density at radius 3 is 2.13 bits per heavy atom. The highest BCUT2D eigenvalue weighted by molar-refractivity contribution is 5.21. The minimum Gasteiger partial charge on any atom is -0.380 e. The van der Waals surface area contributed by atoms with Gasteiger partial charge in [0.2, 0.25) is 0 Å². The van der Waals surface area contributed by atoms with Crippen molar-refractivity contribution in [1.82, 2.24) is 19.6 Å². The standard InChI is InChI=1S/C33H56N4O2/c1-28-5-7-29(8-6-28)26-37-19-17-35(18-20-37)21-23-38-22-3-4-31-24-33(25-31)39-32-11-15-36(16-12-32)27-30-9-13-34(2)14-10-30/h5-8,30-33H,3-4,9-27H2,1-2H3/t31-,33-. The van der Waals surface area contributed by atoms with Gasteiger partial charge in [0.25, 0.3) is 0 Å². The molecule has 0 spiro atoms.